The molecule has 0 aliphatic rings. The lowest BCUT2D eigenvalue weighted by Crippen LogP contribution is -2.02. The van der Waals surface area contributed by atoms with Gasteiger partial charge in [-0.2, -0.15) is 0 Å². The first-order valence-corrected chi connectivity index (χ1v) is 4.05. The highest BCUT2D eigenvalue weighted by Crippen LogP contribution is 2.16. The number of aliphatic hydroxyl groups excluding tert-OH is 1. The molecule has 14 heavy (non-hydrogen) atoms. The van der Waals surface area contributed by atoms with Gasteiger partial charge < -0.3 is 14.6 Å². The van der Waals surface area contributed by atoms with Crippen molar-refractivity contribution in [3.63, 3.8) is 0 Å². The largest absolute Gasteiger partial charge is 0.427 e. The van der Waals surface area contributed by atoms with Gasteiger partial charge in [0.2, 0.25) is 0 Å². The first-order valence-electron chi connectivity index (χ1n) is 4.05. The van der Waals surface area contributed by atoms with Crippen molar-refractivity contribution in [2.24, 2.45) is 0 Å². The molecule has 1 rings (SSSR count). The van der Waals surface area contributed by atoms with Crippen LogP contribution in [-0.4, -0.2) is 17.4 Å². The molecule has 0 aromatic heterocycles. The number of benzene rings is 1. The van der Waals surface area contributed by atoms with Gasteiger partial charge in [-0.05, 0) is 17.7 Å². The summed E-state index contributed by atoms with van der Waals surface area (Å²) < 4.78 is 4.77. The number of aldehydes is 1. The SMILES string of the molecule is CC(=O)Oc1ccc(C(O)C=O)cc1. The molecule has 0 saturated heterocycles. The van der Waals surface area contributed by atoms with E-state index < -0.39 is 12.1 Å². The molecule has 1 atom stereocenters. The van der Waals surface area contributed by atoms with Crippen molar-refractivity contribution in [1.29, 1.82) is 0 Å². The topological polar surface area (TPSA) is 63.6 Å². The van der Waals surface area contributed by atoms with E-state index in [1.54, 1.807) is 0 Å². The number of hydrogen-bond donors (Lipinski definition) is 1. The molecule has 74 valence electrons. The minimum Gasteiger partial charge on any atom is -0.427 e. The Kier molecular flexibility index (Phi) is 3.36. The second-order valence-electron chi connectivity index (χ2n) is 2.74. The summed E-state index contributed by atoms with van der Waals surface area (Å²) in [5.74, 6) is -0.0203. The molecule has 0 heterocycles. The zero-order valence-corrected chi connectivity index (χ0v) is 7.64. The normalized spacial score (nSPS) is 11.9. The molecule has 0 amide bonds. The highest BCUT2D eigenvalue weighted by atomic mass is 16.5. The van der Waals surface area contributed by atoms with Gasteiger partial charge >= 0.3 is 5.97 Å². The average molecular weight is 194 g/mol. The smallest absolute Gasteiger partial charge is 0.308 e. The Balaban J connectivity index is 2.78. The first kappa shape index (κ1) is 10.4. The van der Waals surface area contributed by atoms with Crippen LogP contribution in [0.25, 0.3) is 0 Å². The molecular weight excluding hydrogens is 184 g/mol. The number of esters is 1. The van der Waals surface area contributed by atoms with Crippen LogP contribution < -0.4 is 4.74 Å². The molecule has 0 aliphatic heterocycles. The molecule has 0 radical (unpaired) electrons. The molecule has 4 heteroatoms. The number of carbonyl (C=O) groups excluding carboxylic acids is 2. The number of aliphatic hydroxyl groups is 1. The molecular formula is C10H10O4. The second kappa shape index (κ2) is 4.53. The van der Waals surface area contributed by atoms with Gasteiger partial charge in [0, 0.05) is 6.92 Å². The van der Waals surface area contributed by atoms with E-state index in [4.69, 9.17) is 9.84 Å². The third kappa shape index (κ3) is 2.67. The number of rotatable bonds is 3. The minimum absolute atomic E-state index is 0.388. The molecule has 1 aromatic rings. The van der Waals surface area contributed by atoms with Crippen LogP contribution in [0.15, 0.2) is 24.3 Å². The van der Waals surface area contributed by atoms with Crippen LogP contribution in [0.3, 0.4) is 0 Å². The van der Waals surface area contributed by atoms with Crippen molar-refractivity contribution in [2.75, 3.05) is 0 Å². The summed E-state index contributed by atoms with van der Waals surface area (Å²) in [6, 6.07) is 6.08. The van der Waals surface area contributed by atoms with Crippen LogP contribution in [0.1, 0.15) is 18.6 Å². The van der Waals surface area contributed by atoms with E-state index in [0.717, 1.165) is 0 Å². The Morgan fingerprint density at radius 3 is 2.43 bits per heavy atom. The standard InChI is InChI=1S/C10H10O4/c1-7(12)14-9-4-2-8(3-5-9)10(13)6-11/h2-6,10,13H,1H3. The van der Waals surface area contributed by atoms with Gasteiger partial charge in [0.25, 0.3) is 0 Å². The maximum absolute atomic E-state index is 10.6. The Morgan fingerprint density at radius 2 is 2.00 bits per heavy atom. The fourth-order valence-electron chi connectivity index (χ4n) is 0.978. The Hall–Kier alpha value is -1.68. The van der Waals surface area contributed by atoms with Crippen LogP contribution in [0.4, 0.5) is 0 Å². The highest BCUT2D eigenvalue weighted by molar-refractivity contribution is 5.69. The molecule has 4 nitrogen and oxygen atoms in total. The molecule has 0 fully saturated rings. The van der Waals surface area contributed by atoms with E-state index in [1.807, 2.05) is 0 Å². The van der Waals surface area contributed by atoms with E-state index >= 15 is 0 Å². The maximum atomic E-state index is 10.6. The number of carbonyl (C=O) groups is 2. The summed E-state index contributed by atoms with van der Waals surface area (Å²) in [6.45, 7) is 1.30. The quantitative estimate of drug-likeness (QED) is 0.440. The van der Waals surface area contributed by atoms with E-state index in [9.17, 15) is 9.59 Å². The lowest BCUT2D eigenvalue weighted by molar-refractivity contribution is -0.131. The Labute approximate surface area is 81.1 Å². The van der Waals surface area contributed by atoms with E-state index in [0.29, 0.717) is 17.6 Å². The third-order valence-electron chi connectivity index (χ3n) is 1.61. The molecule has 0 bridgehead atoms. The summed E-state index contributed by atoms with van der Waals surface area (Å²) in [7, 11) is 0. The fourth-order valence-corrected chi connectivity index (χ4v) is 0.978. The first-order chi connectivity index (χ1) is 6.63. The summed E-state index contributed by atoms with van der Waals surface area (Å²) in [6.07, 6.45) is -0.692. The summed E-state index contributed by atoms with van der Waals surface area (Å²) in [5, 5.41) is 9.13. The van der Waals surface area contributed by atoms with Gasteiger partial charge in [-0.15, -0.1) is 0 Å². The molecule has 0 saturated carbocycles. The zero-order valence-electron chi connectivity index (χ0n) is 7.64. The lowest BCUT2D eigenvalue weighted by atomic mass is 10.1. The lowest BCUT2D eigenvalue weighted by Gasteiger charge is -2.04. The molecule has 0 aliphatic carbocycles. The molecule has 1 aromatic carbocycles. The van der Waals surface area contributed by atoms with Crippen LogP contribution in [0.5, 0.6) is 5.75 Å². The Bertz CT molecular complexity index is 328. The van der Waals surface area contributed by atoms with Gasteiger partial charge in [0.15, 0.2) is 6.29 Å². The monoisotopic (exact) mass is 194 g/mol. The maximum Gasteiger partial charge on any atom is 0.308 e. The highest BCUT2D eigenvalue weighted by Gasteiger charge is 2.05. The van der Waals surface area contributed by atoms with Crippen molar-refractivity contribution in [3.8, 4) is 5.75 Å². The van der Waals surface area contributed by atoms with E-state index in [-0.39, 0.29) is 0 Å². The van der Waals surface area contributed by atoms with Crippen molar-refractivity contribution in [1.82, 2.24) is 0 Å². The van der Waals surface area contributed by atoms with Gasteiger partial charge in [-0.1, -0.05) is 12.1 Å². The van der Waals surface area contributed by atoms with Crippen LogP contribution in [0, 0.1) is 0 Å². The fraction of sp³-hybridized carbons (Fsp3) is 0.200. The van der Waals surface area contributed by atoms with Crippen LogP contribution in [0.2, 0.25) is 0 Å². The van der Waals surface area contributed by atoms with Crippen molar-refractivity contribution >= 4 is 12.3 Å². The van der Waals surface area contributed by atoms with Crippen molar-refractivity contribution < 1.29 is 19.4 Å². The number of ether oxygens (including phenoxy) is 1. The second-order valence-corrected chi connectivity index (χ2v) is 2.74. The summed E-state index contributed by atoms with van der Waals surface area (Å²) >= 11 is 0. The van der Waals surface area contributed by atoms with Crippen molar-refractivity contribution in [3.05, 3.63) is 29.8 Å². The van der Waals surface area contributed by atoms with Gasteiger partial charge in [0.05, 0.1) is 0 Å². The number of hydrogen-bond acceptors (Lipinski definition) is 4. The zero-order chi connectivity index (χ0) is 10.6. The predicted molar refractivity (Wildman–Crippen MR) is 48.8 cm³/mol. The van der Waals surface area contributed by atoms with Crippen LogP contribution in [-0.2, 0) is 9.59 Å². The minimum atomic E-state index is -1.12. The predicted octanol–water partition coefficient (Wildman–Crippen LogP) is 0.844. The van der Waals surface area contributed by atoms with Crippen LogP contribution >= 0.6 is 0 Å². The van der Waals surface area contributed by atoms with Gasteiger partial charge in [-0.3, -0.25) is 4.79 Å². The molecule has 0 spiro atoms. The molecule has 1 N–H and O–H groups in total. The van der Waals surface area contributed by atoms with E-state index in [1.165, 1.54) is 31.2 Å². The Morgan fingerprint density at radius 1 is 1.43 bits per heavy atom. The van der Waals surface area contributed by atoms with E-state index in [2.05, 4.69) is 0 Å². The van der Waals surface area contributed by atoms with Gasteiger partial charge in [0.1, 0.15) is 11.9 Å². The van der Waals surface area contributed by atoms with Crippen molar-refractivity contribution in [2.45, 2.75) is 13.0 Å². The van der Waals surface area contributed by atoms with Gasteiger partial charge in [-0.25, -0.2) is 0 Å². The summed E-state index contributed by atoms with van der Waals surface area (Å²) in [5.41, 5.74) is 0.468. The average Bonchev–Trinajstić information content (AvgIpc) is 2.17. The third-order valence-corrected chi connectivity index (χ3v) is 1.61. The molecule has 1 unspecified atom stereocenters. The summed E-state index contributed by atoms with van der Waals surface area (Å²) in [4.78, 5) is 20.8.